The topological polar surface area (TPSA) is 46.6 Å². The fourth-order valence-corrected chi connectivity index (χ4v) is 3.75. The molecule has 112 valence electrons. The lowest BCUT2D eigenvalue weighted by atomic mass is 10.2. The summed E-state index contributed by atoms with van der Waals surface area (Å²) in [5.74, 6) is 1.05. The Balaban J connectivity index is 1.83. The number of amides is 1. The molecule has 1 aliphatic rings. The fourth-order valence-electron chi connectivity index (χ4n) is 2.38. The molecule has 2 aromatic carbocycles. The van der Waals surface area contributed by atoms with Crippen LogP contribution in [0.5, 0.6) is 5.75 Å². The van der Waals surface area contributed by atoms with E-state index in [2.05, 4.69) is 0 Å². The first-order chi connectivity index (χ1) is 10.8. The summed E-state index contributed by atoms with van der Waals surface area (Å²) in [7, 11) is 0. The molecule has 0 saturated carbocycles. The summed E-state index contributed by atoms with van der Waals surface area (Å²) in [6.07, 6.45) is 0.310. The lowest BCUT2D eigenvalue weighted by Crippen LogP contribution is -2.40. The van der Waals surface area contributed by atoms with Gasteiger partial charge in [-0.15, -0.1) is 11.8 Å². The van der Waals surface area contributed by atoms with E-state index in [4.69, 9.17) is 4.74 Å². The molecule has 1 heterocycles. The minimum Gasteiger partial charge on any atom is -0.410 e. The third kappa shape index (κ3) is 2.99. The number of hydrogen-bond donors (Lipinski definition) is 0. The molecular weight excluding hydrogens is 298 g/mol. The first-order valence-electron chi connectivity index (χ1n) is 6.96. The monoisotopic (exact) mass is 313 g/mol. The van der Waals surface area contributed by atoms with E-state index < -0.39 is 12.1 Å². The third-order valence-corrected chi connectivity index (χ3v) is 4.78. The van der Waals surface area contributed by atoms with Crippen LogP contribution in [0.1, 0.15) is 10.9 Å². The van der Waals surface area contributed by atoms with Crippen molar-refractivity contribution in [2.75, 3.05) is 5.75 Å². The number of rotatable bonds is 3. The second kappa shape index (κ2) is 6.66. The van der Waals surface area contributed by atoms with Gasteiger partial charge in [0.05, 0.1) is 0 Å². The predicted molar refractivity (Wildman–Crippen MR) is 85.8 cm³/mol. The summed E-state index contributed by atoms with van der Waals surface area (Å²) in [5.41, 5.74) is 0.988. The molecule has 0 aliphatic carbocycles. The quantitative estimate of drug-likeness (QED) is 0.814. The van der Waals surface area contributed by atoms with E-state index in [0.717, 1.165) is 11.8 Å². The molecular formula is C17H15NO3S. The van der Waals surface area contributed by atoms with Gasteiger partial charge in [-0.3, -0.25) is 4.90 Å². The SMILES string of the molecule is O=C[C@@H]1CS[C@H](c2ccccc2)N1C(=O)Oc1ccccc1. The van der Waals surface area contributed by atoms with Crippen LogP contribution in [0.25, 0.3) is 0 Å². The molecule has 3 rings (SSSR count). The van der Waals surface area contributed by atoms with Crippen molar-refractivity contribution >= 4 is 24.1 Å². The number of aldehydes is 1. The van der Waals surface area contributed by atoms with E-state index in [-0.39, 0.29) is 5.37 Å². The Hall–Kier alpha value is -2.27. The van der Waals surface area contributed by atoms with Crippen molar-refractivity contribution in [3.8, 4) is 5.75 Å². The van der Waals surface area contributed by atoms with Crippen LogP contribution in [-0.2, 0) is 4.79 Å². The summed E-state index contributed by atoms with van der Waals surface area (Å²) < 4.78 is 5.40. The molecule has 4 nitrogen and oxygen atoms in total. The minimum atomic E-state index is -0.498. The first-order valence-corrected chi connectivity index (χ1v) is 8.01. The van der Waals surface area contributed by atoms with E-state index in [9.17, 15) is 9.59 Å². The van der Waals surface area contributed by atoms with Crippen molar-refractivity contribution in [1.82, 2.24) is 4.90 Å². The maximum absolute atomic E-state index is 12.5. The molecule has 22 heavy (non-hydrogen) atoms. The number of nitrogens with zero attached hydrogens (tertiary/aromatic N) is 1. The Morgan fingerprint density at radius 3 is 2.36 bits per heavy atom. The van der Waals surface area contributed by atoms with Crippen LogP contribution in [0, 0.1) is 0 Å². The van der Waals surface area contributed by atoms with Gasteiger partial charge in [-0.2, -0.15) is 0 Å². The third-order valence-electron chi connectivity index (χ3n) is 3.44. The molecule has 0 unspecified atom stereocenters. The molecule has 2 aromatic rings. The molecule has 0 aromatic heterocycles. The van der Waals surface area contributed by atoms with Crippen molar-refractivity contribution < 1.29 is 14.3 Å². The predicted octanol–water partition coefficient (Wildman–Crippen LogP) is 3.50. The summed E-state index contributed by atoms with van der Waals surface area (Å²) >= 11 is 1.57. The number of hydrogen-bond acceptors (Lipinski definition) is 4. The minimum absolute atomic E-state index is 0.201. The first kappa shape index (κ1) is 14.7. The average molecular weight is 313 g/mol. The van der Waals surface area contributed by atoms with Gasteiger partial charge in [0, 0.05) is 5.75 Å². The number of carbonyl (C=O) groups is 2. The number of para-hydroxylation sites is 1. The van der Waals surface area contributed by atoms with Crippen molar-refractivity contribution in [3.05, 3.63) is 66.2 Å². The zero-order chi connectivity index (χ0) is 15.4. The van der Waals surface area contributed by atoms with Gasteiger partial charge >= 0.3 is 6.09 Å². The van der Waals surface area contributed by atoms with Gasteiger partial charge in [0.2, 0.25) is 0 Å². The Morgan fingerprint density at radius 1 is 1.09 bits per heavy atom. The highest BCUT2D eigenvalue weighted by Gasteiger charge is 2.39. The van der Waals surface area contributed by atoms with E-state index in [1.165, 1.54) is 4.90 Å². The fraction of sp³-hybridized carbons (Fsp3) is 0.176. The number of benzene rings is 2. The van der Waals surface area contributed by atoms with E-state index in [0.29, 0.717) is 11.5 Å². The zero-order valence-electron chi connectivity index (χ0n) is 11.8. The Morgan fingerprint density at radius 2 is 1.73 bits per heavy atom. The van der Waals surface area contributed by atoms with Gasteiger partial charge < -0.3 is 9.53 Å². The molecule has 1 amide bonds. The summed E-state index contributed by atoms with van der Waals surface area (Å²) in [4.78, 5) is 25.3. The highest BCUT2D eigenvalue weighted by atomic mass is 32.2. The largest absolute Gasteiger partial charge is 0.417 e. The van der Waals surface area contributed by atoms with E-state index >= 15 is 0 Å². The molecule has 2 atom stereocenters. The second-order valence-corrected chi connectivity index (χ2v) is 6.00. The van der Waals surface area contributed by atoms with E-state index in [1.807, 2.05) is 36.4 Å². The number of carbonyl (C=O) groups excluding carboxylic acids is 2. The van der Waals surface area contributed by atoms with Crippen molar-refractivity contribution in [1.29, 1.82) is 0 Å². The van der Waals surface area contributed by atoms with Crippen LogP contribution < -0.4 is 4.74 Å². The lowest BCUT2D eigenvalue weighted by molar-refractivity contribution is -0.111. The molecule has 1 fully saturated rings. The molecule has 5 heteroatoms. The summed E-state index contributed by atoms with van der Waals surface area (Å²) in [6.45, 7) is 0. The molecule has 0 N–H and O–H groups in total. The molecule has 0 bridgehead atoms. The Bertz CT molecular complexity index is 647. The molecule has 1 saturated heterocycles. The van der Waals surface area contributed by atoms with Crippen LogP contribution in [0.2, 0.25) is 0 Å². The van der Waals surface area contributed by atoms with Gasteiger partial charge in [0.1, 0.15) is 23.5 Å². The van der Waals surface area contributed by atoms with Crippen molar-refractivity contribution in [2.24, 2.45) is 0 Å². The lowest BCUT2D eigenvalue weighted by Gasteiger charge is -2.26. The average Bonchev–Trinajstić information content (AvgIpc) is 3.00. The van der Waals surface area contributed by atoms with Crippen LogP contribution >= 0.6 is 11.8 Å². The van der Waals surface area contributed by atoms with Crippen molar-refractivity contribution in [2.45, 2.75) is 11.4 Å². The maximum atomic E-state index is 12.5. The van der Waals surface area contributed by atoms with Crippen LogP contribution in [0.3, 0.4) is 0 Å². The molecule has 0 radical (unpaired) electrons. The van der Waals surface area contributed by atoms with Gasteiger partial charge in [0.15, 0.2) is 0 Å². The molecule has 0 spiro atoms. The zero-order valence-corrected chi connectivity index (χ0v) is 12.6. The number of thioether (sulfide) groups is 1. The van der Waals surface area contributed by atoms with Gasteiger partial charge in [-0.05, 0) is 17.7 Å². The number of ether oxygens (including phenoxy) is 1. The van der Waals surface area contributed by atoms with Gasteiger partial charge in [-0.1, -0.05) is 48.5 Å². The normalized spacial score (nSPS) is 20.6. The van der Waals surface area contributed by atoms with Crippen LogP contribution in [-0.4, -0.2) is 29.1 Å². The van der Waals surface area contributed by atoms with Gasteiger partial charge in [0.25, 0.3) is 0 Å². The van der Waals surface area contributed by atoms with Gasteiger partial charge in [-0.25, -0.2) is 4.79 Å². The second-order valence-electron chi connectivity index (χ2n) is 4.89. The van der Waals surface area contributed by atoms with Crippen LogP contribution in [0.4, 0.5) is 4.79 Å². The highest BCUT2D eigenvalue weighted by Crippen LogP contribution is 2.41. The highest BCUT2D eigenvalue weighted by molar-refractivity contribution is 7.99. The smallest absolute Gasteiger partial charge is 0.410 e. The molecule has 1 aliphatic heterocycles. The van der Waals surface area contributed by atoms with E-state index in [1.54, 1.807) is 36.0 Å². The summed E-state index contributed by atoms with van der Waals surface area (Å²) in [6, 6.07) is 18.1. The van der Waals surface area contributed by atoms with Crippen LogP contribution in [0.15, 0.2) is 60.7 Å². The Kier molecular flexibility index (Phi) is 4.44. The maximum Gasteiger partial charge on any atom is 0.417 e. The Labute approximate surface area is 133 Å². The summed E-state index contributed by atoms with van der Waals surface area (Å²) in [5, 5.41) is -0.201. The van der Waals surface area contributed by atoms with Crippen molar-refractivity contribution in [3.63, 3.8) is 0 Å². The standard InChI is InChI=1S/C17H15NO3S/c19-11-14-12-22-16(13-7-3-1-4-8-13)18(14)17(20)21-15-9-5-2-6-10-15/h1-11,14,16H,12H2/t14-,16-/m1/s1.